The van der Waals surface area contributed by atoms with Crippen LogP contribution < -0.4 is 10.6 Å². The van der Waals surface area contributed by atoms with E-state index in [4.69, 9.17) is 4.74 Å². The highest BCUT2D eigenvalue weighted by atomic mass is 16.5. The van der Waals surface area contributed by atoms with Gasteiger partial charge in [0, 0.05) is 25.8 Å². The van der Waals surface area contributed by atoms with Gasteiger partial charge >= 0.3 is 0 Å². The van der Waals surface area contributed by atoms with Crippen LogP contribution in [0.5, 0.6) is 0 Å². The van der Waals surface area contributed by atoms with Crippen LogP contribution in [0.1, 0.15) is 61.3 Å². The molecular formula is C19H28N4O2. The number of nitrogens with one attached hydrogen (secondary N) is 2. The summed E-state index contributed by atoms with van der Waals surface area (Å²) in [4.78, 5) is 21.0. The number of allylic oxidation sites excluding steroid dienone is 1. The lowest BCUT2D eigenvalue weighted by Crippen LogP contribution is -2.32. The molecule has 6 heteroatoms. The van der Waals surface area contributed by atoms with Gasteiger partial charge in [0.25, 0.3) is 5.91 Å². The highest BCUT2D eigenvalue weighted by Crippen LogP contribution is 2.20. The van der Waals surface area contributed by atoms with Gasteiger partial charge in [-0.1, -0.05) is 11.6 Å². The zero-order valence-corrected chi connectivity index (χ0v) is 15.0. The second-order valence-corrected chi connectivity index (χ2v) is 6.82. The average Bonchev–Trinajstić information content (AvgIpc) is 3.14. The minimum absolute atomic E-state index is 0.133. The van der Waals surface area contributed by atoms with Crippen molar-refractivity contribution in [1.29, 1.82) is 0 Å². The normalized spacial score (nSPS) is 20.2. The van der Waals surface area contributed by atoms with Gasteiger partial charge in [-0.05, 0) is 51.9 Å². The monoisotopic (exact) mass is 344 g/mol. The third-order valence-electron chi connectivity index (χ3n) is 4.72. The molecule has 1 atom stereocenters. The first kappa shape index (κ1) is 17.9. The molecule has 6 nitrogen and oxygen atoms in total. The van der Waals surface area contributed by atoms with Gasteiger partial charge in [-0.25, -0.2) is 9.97 Å². The topological polar surface area (TPSA) is 76.1 Å². The van der Waals surface area contributed by atoms with Crippen molar-refractivity contribution in [3.63, 3.8) is 0 Å². The highest BCUT2D eigenvalue weighted by molar-refractivity contribution is 5.92. The van der Waals surface area contributed by atoms with Gasteiger partial charge in [0.2, 0.25) is 0 Å². The molecule has 0 saturated carbocycles. The molecule has 1 unspecified atom stereocenters. The summed E-state index contributed by atoms with van der Waals surface area (Å²) >= 11 is 0. The number of anilines is 1. The molecule has 1 aromatic rings. The first-order valence-electron chi connectivity index (χ1n) is 9.38. The molecule has 1 aliphatic carbocycles. The molecule has 25 heavy (non-hydrogen) atoms. The third-order valence-corrected chi connectivity index (χ3v) is 4.72. The number of aromatic nitrogens is 2. The number of carbonyl (C=O) groups is 1. The molecule has 1 amide bonds. The zero-order valence-electron chi connectivity index (χ0n) is 15.0. The van der Waals surface area contributed by atoms with E-state index in [1.807, 2.05) is 6.92 Å². The third kappa shape index (κ3) is 5.53. The van der Waals surface area contributed by atoms with Crippen LogP contribution in [-0.2, 0) is 4.74 Å². The van der Waals surface area contributed by atoms with Gasteiger partial charge in [0.05, 0.1) is 6.10 Å². The van der Waals surface area contributed by atoms with Gasteiger partial charge in [0.1, 0.15) is 17.3 Å². The fourth-order valence-corrected chi connectivity index (χ4v) is 3.36. The van der Waals surface area contributed by atoms with E-state index in [1.165, 1.54) is 31.3 Å². The Bertz CT molecular complexity index is 624. The van der Waals surface area contributed by atoms with Gasteiger partial charge in [-0.15, -0.1) is 0 Å². The van der Waals surface area contributed by atoms with Crippen LogP contribution in [0.4, 0.5) is 5.82 Å². The predicted octanol–water partition coefficient (Wildman–Crippen LogP) is 3.00. The first-order chi connectivity index (χ1) is 12.2. The molecule has 0 radical (unpaired) electrons. The minimum Gasteiger partial charge on any atom is -0.376 e. The van der Waals surface area contributed by atoms with E-state index in [0.717, 1.165) is 32.4 Å². The fraction of sp³-hybridized carbons (Fsp3) is 0.632. The lowest BCUT2D eigenvalue weighted by molar-refractivity contribution is 0.0853. The summed E-state index contributed by atoms with van der Waals surface area (Å²) in [5.74, 6) is 1.15. The van der Waals surface area contributed by atoms with Crippen molar-refractivity contribution < 1.29 is 9.53 Å². The quantitative estimate of drug-likeness (QED) is 0.744. The van der Waals surface area contributed by atoms with Gasteiger partial charge in [-0.2, -0.15) is 0 Å². The van der Waals surface area contributed by atoms with Crippen molar-refractivity contribution in [3.8, 4) is 0 Å². The maximum atomic E-state index is 12.3. The zero-order chi connectivity index (χ0) is 17.5. The molecule has 1 aliphatic heterocycles. The second kappa shape index (κ2) is 8.94. The Morgan fingerprint density at radius 1 is 1.32 bits per heavy atom. The molecule has 1 fully saturated rings. The molecule has 2 N–H and O–H groups in total. The maximum absolute atomic E-state index is 12.3. The Morgan fingerprint density at radius 3 is 3.00 bits per heavy atom. The van der Waals surface area contributed by atoms with Crippen molar-refractivity contribution in [1.82, 2.24) is 15.3 Å². The van der Waals surface area contributed by atoms with E-state index in [1.54, 1.807) is 6.07 Å². The predicted molar refractivity (Wildman–Crippen MR) is 97.7 cm³/mol. The SMILES string of the molecule is Cc1nc(NCCC2=CCCCC2)cc(C(=O)NCC2CCCO2)n1. The van der Waals surface area contributed by atoms with Gasteiger partial charge in [-0.3, -0.25) is 4.79 Å². The maximum Gasteiger partial charge on any atom is 0.270 e. The average molecular weight is 344 g/mol. The van der Waals surface area contributed by atoms with Crippen LogP contribution in [0.15, 0.2) is 17.7 Å². The lowest BCUT2D eigenvalue weighted by atomic mass is 9.97. The number of aryl methyl sites for hydroxylation is 1. The summed E-state index contributed by atoms with van der Waals surface area (Å²) < 4.78 is 5.53. The summed E-state index contributed by atoms with van der Waals surface area (Å²) in [7, 11) is 0. The summed E-state index contributed by atoms with van der Waals surface area (Å²) in [5, 5.41) is 6.24. The molecular weight excluding hydrogens is 316 g/mol. The van der Waals surface area contributed by atoms with E-state index in [9.17, 15) is 4.79 Å². The summed E-state index contributed by atoms with van der Waals surface area (Å²) in [6.45, 7) is 3.97. The highest BCUT2D eigenvalue weighted by Gasteiger charge is 2.17. The number of hydrogen-bond acceptors (Lipinski definition) is 5. The number of carbonyl (C=O) groups excluding carboxylic acids is 1. The first-order valence-corrected chi connectivity index (χ1v) is 9.38. The van der Waals surface area contributed by atoms with Crippen LogP contribution >= 0.6 is 0 Å². The standard InChI is InChI=1S/C19H28N4O2/c1-14-22-17(19(24)21-13-16-8-5-11-25-16)12-18(23-14)20-10-9-15-6-3-2-4-7-15/h6,12,16H,2-5,7-11,13H2,1H3,(H,21,24)(H,20,22,23). The molecule has 0 aromatic carbocycles. The van der Waals surface area contributed by atoms with Gasteiger partial charge < -0.3 is 15.4 Å². The van der Waals surface area contributed by atoms with E-state index >= 15 is 0 Å². The minimum atomic E-state index is -0.168. The Hall–Kier alpha value is -1.95. The number of hydrogen-bond donors (Lipinski definition) is 2. The van der Waals surface area contributed by atoms with E-state index in [0.29, 0.717) is 23.9 Å². The van der Waals surface area contributed by atoms with Gasteiger partial charge in [0.15, 0.2) is 0 Å². The number of amides is 1. The smallest absolute Gasteiger partial charge is 0.270 e. The second-order valence-electron chi connectivity index (χ2n) is 6.82. The van der Waals surface area contributed by atoms with Crippen molar-refractivity contribution in [2.45, 2.75) is 58.0 Å². The molecule has 2 heterocycles. The Balaban J connectivity index is 1.51. The van der Waals surface area contributed by atoms with Crippen LogP contribution in [0.25, 0.3) is 0 Å². The molecule has 2 aliphatic rings. The summed E-state index contributed by atoms with van der Waals surface area (Å²) in [5.41, 5.74) is 1.93. The van der Waals surface area contributed by atoms with Crippen molar-refractivity contribution >= 4 is 11.7 Å². The fourth-order valence-electron chi connectivity index (χ4n) is 3.36. The molecule has 136 valence electrons. The largest absolute Gasteiger partial charge is 0.376 e. The number of rotatable bonds is 7. The summed E-state index contributed by atoms with van der Waals surface area (Å²) in [6, 6.07) is 1.73. The molecule has 0 bridgehead atoms. The van der Waals surface area contributed by atoms with E-state index in [-0.39, 0.29) is 12.0 Å². The van der Waals surface area contributed by atoms with E-state index < -0.39 is 0 Å². The number of nitrogens with zero attached hydrogens (tertiary/aromatic N) is 2. The summed E-state index contributed by atoms with van der Waals surface area (Å²) in [6.07, 6.45) is 10.6. The Kier molecular flexibility index (Phi) is 6.39. The Morgan fingerprint density at radius 2 is 2.24 bits per heavy atom. The number of ether oxygens (including phenoxy) is 1. The van der Waals surface area contributed by atoms with Crippen molar-refractivity contribution in [2.24, 2.45) is 0 Å². The van der Waals surface area contributed by atoms with Crippen LogP contribution in [0.2, 0.25) is 0 Å². The molecule has 0 spiro atoms. The van der Waals surface area contributed by atoms with E-state index in [2.05, 4.69) is 26.7 Å². The van der Waals surface area contributed by atoms with Crippen molar-refractivity contribution in [3.05, 3.63) is 29.2 Å². The van der Waals surface area contributed by atoms with Crippen LogP contribution in [0, 0.1) is 6.92 Å². The molecule has 1 aromatic heterocycles. The molecule has 1 saturated heterocycles. The lowest BCUT2D eigenvalue weighted by Gasteiger charge is -2.14. The van der Waals surface area contributed by atoms with Crippen molar-refractivity contribution in [2.75, 3.05) is 25.0 Å². The Labute approximate surface area is 149 Å². The van der Waals surface area contributed by atoms with Crippen LogP contribution in [0.3, 0.4) is 0 Å². The van der Waals surface area contributed by atoms with Crippen LogP contribution in [-0.4, -0.2) is 41.7 Å². The molecule has 3 rings (SSSR count).